The van der Waals surface area contributed by atoms with Crippen molar-refractivity contribution >= 4 is 41.5 Å². The zero-order chi connectivity index (χ0) is 16.8. The third-order valence-corrected chi connectivity index (χ3v) is 4.46. The number of carbonyl (C=O) groups is 1. The van der Waals surface area contributed by atoms with Gasteiger partial charge in [-0.05, 0) is 47.3 Å². The van der Waals surface area contributed by atoms with Crippen molar-refractivity contribution < 1.29 is 4.79 Å². The lowest BCUT2D eigenvalue weighted by atomic mass is 10.0. The molecule has 0 saturated carbocycles. The van der Waals surface area contributed by atoms with E-state index in [4.69, 9.17) is 11.6 Å². The number of halogens is 1. The minimum Gasteiger partial charge on any atom is -0.284 e. The summed E-state index contributed by atoms with van der Waals surface area (Å²) in [6.45, 7) is 0. The van der Waals surface area contributed by atoms with E-state index in [-0.39, 0.29) is 6.03 Å². The largest absolute Gasteiger partial charge is 0.343 e. The van der Waals surface area contributed by atoms with Crippen LogP contribution in [-0.4, -0.2) is 11.9 Å². The van der Waals surface area contributed by atoms with Crippen LogP contribution in [0.1, 0.15) is 11.1 Å². The lowest BCUT2D eigenvalue weighted by Crippen LogP contribution is -2.45. The van der Waals surface area contributed by atoms with Crippen LogP contribution in [0, 0.1) is 0 Å². The second-order valence-corrected chi connectivity index (χ2v) is 6.26. The van der Waals surface area contributed by atoms with Crippen molar-refractivity contribution in [1.29, 1.82) is 0 Å². The third-order valence-electron chi connectivity index (χ3n) is 3.31. The zero-order valence-electron chi connectivity index (χ0n) is 12.6. The highest BCUT2D eigenvalue weighted by Crippen LogP contribution is 2.23. The fourth-order valence-electron chi connectivity index (χ4n) is 2.16. The molecule has 3 rings (SSSR count). The molecule has 0 saturated heterocycles. The predicted molar refractivity (Wildman–Crippen MR) is 98.7 cm³/mol. The molecule has 0 aliphatic carbocycles. The summed E-state index contributed by atoms with van der Waals surface area (Å²) in [6, 6.07) is 14.9. The van der Waals surface area contributed by atoms with Gasteiger partial charge >= 0.3 is 6.03 Å². The number of urea groups is 1. The van der Waals surface area contributed by atoms with Crippen LogP contribution in [0.15, 0.2) is 64.6 Å². The molecule has 3 N–H and O–H groups in total. The minimum atomic E-state index is -0.362. The number of hydrogen-bond acceptors (Lipinski definition) is 4. The summed E-state index contributed by atoms with van der Waals surface area (Å²) >= 11 is 7.47. The van der Waals surface area contributed by atoms with E-state index in [0.29, 0.717) is 17.3 Å². The third kappa shape index (κ3) is 4.31. The molecular weight excluding hydrogens is 344 g/mol. The molecule has 24 heavy (non-hydrogen) atoms. The highest BCUT2D eigenvalue weighted by Gasteiger charge is 2.12. The monoisotopic (exact) mass is 358 g/mol. The van der Waals surface area contributed by atoms with Crippen molar-refractivity contribution in [3.63, 3.8) is 0 Å². The highest BCUT2D eigenvalue weighted by molar-refractivity contribution is 7.98. The number of hydrazine groups is 1. The van der Waals surface area contributed by atoms with Gasteiger partial charge in [-0.15, -0.1) is 0 Å². The molecule has 7 heteroatoms. The van der Waals surface area contributed by atoms with E-state index in [1.165, 1.54) is 11.9 Å². The number of aliphatic imine (C=N–C) groups is 1. The zero-order valence-corrected chi connectivity index (χ0v) is 14.2. The SMILES string of the molecule is O=C(NNC1=NC=Cc2cccc(Cl)c2C1)NSc1ccccc1. The van der Waals surface area contributed by atoms with Crippen LogP contribution in [0.25, 0.3) is 6.08 Å². The summed E-state index contributed by atoms with van der Waals surface area (Å²) in [5, 5.41) is 0.678. The first-order valence-electron chi connectivity index (χ1n) is 7.27. The van der Waals surface area contributed by atoms with Crippen molar-refractivity contribution in [2.75, 3.05) is 0 Å². The fraction of sp³-hybridized carbons (Fsp3) is 0.0588. The van der Waals surface area contributed by atoms with E-state index in [1.54, 1.807) is 6.20 Å². The number of amides is 2. The molecule has 2 amide bonds. The van der Waals surface area contributed by atoms with Crippen molar-refractivity contribution in [2.45, 2.75) is 11.3 Å². The maximum absolute atomic E-state index is 11.9. The van der Waals surface area contributed by atoms with E-state index in [9.17, 15) is 4.79 Å². The molecule has 2 aromatic rings. The van der Waals surface area contributed by atoms with E-state index >= 15 is 0 Å². The Morgan fingerprint density at radius 3 is 2.79 bits per heavy atom. The van der Waals surface area contributed by atoms with Gasteiger partial charge in [0.2, 0.25) is 0 Å². The Kier molecular flexibility index (Phi) is 5.40. The van der Waals surface area contributed by atoms with Gasteiger partial charge in [0.1, 0.15) is 5.84 Å². The first kappa shape index (κ1) is 16.4. The van der Waals surface area contributed by atoms with Crippen LogP contribution >= 0.6 is 23.5 Å². The summed E-state index contributed by atoms with van der Waals surface area (Å²) in [5.74, 6) is 0.609. The van der Waals surface area contributed by atoms with E-state index in [1.807, 2.05) is 54.6 Å². The summed E-state index contributed by atoms with van der Waals surface area (Å²) in [6.07, 6.45) is 4.08. The molecule has 122 valence electrons. The lowest BCUT2D eigenvalue weighted by molar-refractivity contribution is 0.244. The van der Waals surface area contributed by atoms with Gasteiger partial charge in [0.15, 0.2) is 0 Å². The molecule has 0 aromatic heterocycles. The molecule has 0 atom stereocenters. The van der Waals surface area contributed by atoms with Crippen LogP contribution in [0.3, 0.4) is 0 Å². The average molecular weight is 359 g/mol. The molecule has 0 bridgehead atoms. The Morgan fingerprint density at radius 1 is 1.12 bits per heavy atom. The number of fused-ring (bicyclic) bond motifs is 1. The van der Waals surface area contributed by atoms with Crippen molar-refractivity contribution in [3.8, 4) is 0 Å². The van der Waals surface area contributed by atoms with Gasteiger partial charge in [0, 0.05) is 22.5 Å². The Bertz CT molecular complexity index is 792. The standard InChI is InChI=1S/C17H15ClN4OS/c18-15-8-4-5-12-9-10-19-16(11-14(12)15)20-21-17(23)22-24-13-6-2-1-3-7-13/h1-10H,11H2,(H,19,20)(H2,21,22,23). The fourth-order valence-corrected chi connectivity index (χ4v) is 2.97. The normalized spacial score (nSPS) is 12.6. The number of benzene rings is 2. The van der Waals surface area contributed by atoms with Crippen LogP contribution in [-0.2, 0) is 6.42 Å². The van der Waals surface area contributed by atoms with Crippen LogP contribution in [0.2, 0.25) is 5.02 Å². The van der Waals surface area contributed by atoms with Crippen molar-refractivity contribution in [1.82, 2.24) is 15.6 Å². The first-order chi connectivity index (χ1) is 11.7. The number of nitrogens with one attached hydrogen (secondary N) is 3. The maximum Gasteiger partial charge on any atom is 0.343 e. The van der Waals surface area contributed by atoms with Crippen molar-refractivity contribution in [3.05, 3.63) is 70.9 Å². The number of rotatable bonds is 2. The topological polar surface area (TPSA) is 65.5 Å². The van der Waals surface area contributed by atoms with Gasteiger partial charge < -0.3 is 0 Å². The molecule has 1 heterocycles. The summed E-state index contributed by atoms with van der Waals surface area (Å²) < 4.78 is 2.69. The maximum atomic E-state index is 11.9. The van der Waals surface area contributed by atoms with E-state index in [2.05, 4.69) is 20.6 Å². The van der Waals surface area contributed by atoms with E-state index in [0.717, 1.165) is 16.0 Å². The van der Waals surface area contributed by atoms with E-state index < -0.39 is 0 Å². The number of hydrogen-bond donors (Lipinski definition) is 3. The second-order valence-electron chi connectivity index (χ2n) is 4.97. The first-order valence-corrected chi connectivity index (χ1v) is 8.46. The molecule has 5 nitrogen and oxygen atoms in total. The molecule has 0 fully saturated rings. The van der Waals surface area contributed by atoms with Gasteiger partial charge in [-0.1, -0.05) is 41.9 Å². The molecule has 1 aliphatic rings. The van der Waals surface area contributed by atoms with Gasteiger partial charge in [0.25, 0.3) is 0 Å². The molecular formula is C17H15ClN4OS. The number of nitrogens with zero attached hydrogens (tertiary/aromatic N) is 1. The van der Waals surface area contributed by atoms with Gasteiger partial charge in [-0.25, -0.2) is 15.2 Å². The summed E-state index contributed by atoms with van der Waals surface area (Å²) in [7, 11) is 0. The summed E-state index contributed by atoms with van der Waals surface area (Å²) in [4.78, 5) is 17.1. The summed E-state index contributed by atoms with van der Waals surface area (Å²) in [5.41, 5.74) is 7.40. The molecule has 1 aliphatic heterocycles. The Morgan fingerprint density at radius 2 is 1.96 bits per heavy atom. The average Bonchev–Trinajstić information content (AvgIpc) is 2.82. The Balaban J connectivity index is 1.53. The predicted octanol–water partition coefficient (Wildman–Crippen LogP) is 3.78. The van der Waals surface area contributed by atoms with Gasteiger partial charge in [-0.2, -0.15) is 0 Å². The molecule has 0 spiro atoms. The quantitative estimate of drug-likeness (QED) is 0.565. The Hall–Kier alpha value is -2.44. The smallest absolute Gasteiger partial charge is 0.284 e. The van der Waals surface area contributed by atoms with Crippen molar-refractivity contribution in [2.24, 2.45) is 4.99 Å². The number of carbonyl (C=O) groups excluding carboxylic acids is 1. The van der Waals surface area contributed by atoms with Gasteiger partial charge in [0.05, 0.1) is 0 Å². The second kappa shape index (κ2) is 7.90. The molecule has 0 unspecified atom stereocenters. The van der Waals surface area contributed by atoms with Crippen LogP contribution in [0.5, 0.6) is 0 Å². The van der Waals surface area contributed by atoms with Gasteiger partial charge in [-0.3, -0.25) is 10.1 Å². The minimum absolute atomic E-state index is 0.362. The van der Waals surface area contributed by atoms with Crippen LogP contribution < -0.4 is 15.6 Å². The lowest BCUT2D eigenvalue weighted by Gasteiger charge is -2.12. The van der Waals surface area contributed by atoms with Crippen LogP contribution in [0.4, 0.5) is 4.79 Å². The number of amidine groups is 1. The molecule has 2 aromatic carbocycles. The highest BCUT2D eigenvalue weighted by atomic mass is 35.5. The Labute approximate surface area is 149 Å². The molecule has 0 radical (unpaired) electrons.